The SMILES string of the molecule is C=C1C=C2c3ccccc3CC[C@H]2N(C)C1. The lowest BCUT2D eigenvalue weighted by atomic mass is 9.80. The third-order valence-corrected chi connectivity index (χ3v) is 3.72. The average molecular weight is 211 g/mol. The van der Waals surface area contributed by atoms with Crippen molar-refractivity contribution >= 4 is 5.57 Å². The smallest absolute Gasteiger partial charge is 0.0357 e. The highest BCUT2D eigenvalue weighted by Gasteiger charge is 2.29. The van der Waals surface area contributed by atoms with E-state index in [-0.39, 0.29) is 0 Å². The van der Waals surface area contributed by atoms with Gasteiger partial charge in [-0.25, -0.2) is 0 Å². The van der Waals surface area contributed by atoms with Crippen molar-refractivity contribution < 1.29 is 0 Å². The third kappa shape index (κ3) is 1.43. The van der Waals surface area contributed by atoms with Crippen LogP contribution in [0.5, 0.6) is 0 Å². The molecule has 16 heavy (non-hydrogen) atoms. The molecule has 0 fully saturated rings. The van der Waals surface area contributed by atoms with Crippen LogP contribution in [0.4, 0.5) is 0 Å². The lowest BCUT2D eigenvalue weighted by Crippen LogP contribution is -2.39. The Morgan fingerprint density at radius 3 is 3.00 bits per heavy atom. The average Bonchev–Trinajstić information content (AvgIpc) is 2.28. The van der Waals surface area contributed by atoms with E-state index in [1.54, 1.807) is 0 Å². The number of fused-ring (bicyclic) bond motifs is 3. The van der Waals surface area contributed by atoms with E-state index in [1.807, 2.05) is 0 Å². The molecule has 0 radical (unpaired) electrons. The van der Waals surface area contributed by atoms with Gasteiger partial charge in [-0.3, -0.25) is 4.90 Å². The molecule has 0 saturated carbocycles. The summed E-state index contributed by atoms with van der Waals surface area (Å²) >= 11 is 0. The fourth-order valence-electron chi connectivity index (χ4n) is 2.98. The van der Waals surface area contributed by atoms with Gasteiger partial charge in [-0.15, -0.1) is 0 Å². The van der Waals surface area contributed by atoms with Crippen LogP contribution in [-0.4, -0.2) is 24.5 Å². The molecule has 1 aliphatic heterocycles. The topological polar surface area (TPSA) is 3.24 Å². The van der Waals surface area contributed by atoms with E-state index in [4.69, 9.17) is 0 Å². The zero-order chi connectivity index (χ0) is 11.1. The van der Waals surface area contributed by atoms with Gasteiger partial charge in [-0.1, -0.05) is 36.9 Å². The number of nitrogens with zero attached hydrogens (tertiary/aromatic N) is 1. The van der Waals surface area contributed by atoms with Gasteiger partial charge in [-0.05, 0) is 42.2 Å². The van der Waals surface area contributed by atoms with Crippen molar-refractivity contribution in [3.8, 4) is 0 Å². The minimum atomic E-state index is 0.598. The maximum atomic E-state index is 4.11. The van der Waals surface area contributed by atoms with Crippen molar-refractivity contribution in [1.82, 2.24) is 4.90 Å². The van der Waals surface area contributed by atoms with Gasteiger partial charge in [0.25, 0.3) is 0 Å². The van der Waals surface area contributed by atoms with Crippen LogP contribution in [0.15, 0.2) is 42.5 Å². The maximum absolute atomic E-state index is 4.11. The van der Waals surface area contributed by atoms with Gasteiger partial charge in [0.2, 0.25) is 0 Å². The first-order chi connectivity index (χ1) is 7.75. The molecule has 0 aromatic heterocycles. The molecule has 0 N–H and O–H groups in total. The van der Waals surface area contributed by atoms with E-state index >= 15 is 0 Å². The van der Waals surface area contributed by atoms with E-state index in [0.717, 1.165) is 6.54 Å². The number of benzene rings is 1. The lowest BCUT2D eigenvalue weighted by molar-refractivity contribution is 0.291. The van der Waals surface area contributed by atoms with Crippen molar-refractivity contribution in [2.24, 2.45) is 0 Å². The summed E-state index contributed by atoms with van der Waals surface area (Å²) in [7, 11) is 2.21. The van der Waals surface area contributed by atoms with Crippen LogP contribution in [0, 0.1) is 0 Å². The van der Waals surface area contributed by atoms with Gasteiger partial charge in [0.05, 0.1) is 0 Å². The predicted octanol–water partition coefficient (Wildman–Crippen LogP) is 2.89. The highest BCUT2D eigenvalue weighted by molar-refractivity contribution is 5.76. The summed E-state index contributed by atoms with van der Waals surface area (Å²) < 4.78 is 0. The fourth-order valence-corrected chi connectivity index (χ4v) is 2.98. The molecule has 1 aliphatic carbocycles. The highest BCUT2D eigenvalue weighted by Crippen LogP contribution is 2.36. The van der Waals surface area contributed by atoms with Crippen LogP contribution in [0.25, 0.3) is 5.57 Å². The Morgan fingerprint density at radius 2 is 2.12 bits per heavy atom. The van der Waals surface area contributed by atoms with Crippen LogP contribution < -0.4 is 0 Å². The Balaban J connectivity index is 2.14. The summed E-state index contributed by atoms with van der Waals surface area (Å²) in [6.07, 6.45) is 4.74. The van der Waals surface area contributed by atoms with Crippen LogP contribution in [0.1, 0.15) is 17.5 Å². The van der Waals surface area contributed by atoms with Gasteiger partial charge in [0.15, 0.2) is 0 Å². The Bertz CT molecular complexity index is 470. The van der Waals surface area contributed by atoms with Gasteiger partial charge in [0, 0.05) is 12.6 Å². The largest absolute Gasteiger partial charge is 0.295 e. The maximum Gasteiger partial charge on any atom is 0.0357 e. The first kappa shape index (κ1) is 9.86. The Hall–Kier alpha value is -1.34. The molecule has 0 saturated heterocycles. The van der Waals surface area contributed by atoms with E-state index in [2.05, 4.69) is 48.9 Å². The number of likely N-dealkylation sites (N-methyl/N-ethyl adjacent to an activating group) is 1. The molecule has 1 aromatic rings. The summed E-state index contributed by atoms with van der Waals surface area (Å²) in [5.41, 5.74) is 5.63. The van der Waals surface area contributed by atoms with E-state index in [9.17, 15) is 0 Å². The number of aryl methyl sites for hydroxylation is 1. The molecule has 0 spiro atoms. The standard InChI is InChI=1S/C15H17N/c1-11-9-14-13-6-4-3-5-12(13)7-8-15(14)16(2)10-11/h3-6,9,15H,1,7-8,10H2,2H3/t15-/m1/s1. The van der Waals surface area contributed by atoms with Crippen molar-refractivity contribution in [1.29, 1.82) is 0 Å². The molecule has 2 aliphatic rings. The summed E-state index contributed by atoms with van der Waals surface area (Å²) in [5, 5.41) is 0. The quantitative estimate of drug-likeness (QED) is 0.638. The fraction of sp³-hybridized carbons (Fsp3) is 0.333. The minimum Gasteiger partial charge on any atom is -0.295 e. The molecule has 3 rings (SSSR count). The molecule has 82 valence electrons. The molecular weight excluding hydrogens is 194 g/mol. The molecule has 0 unspecified atom stereocenters. The first-order valence-electron chi connectivity index (χ1n) is 5.93. The summed E-state index contributed by atoms with van der Waals surface area (Å²) in [4.78, 5) is 2.42. The number of hydrogen-bond acceptors (Lipinski definition) is 1. The summed E-state index contributed by atoms with van der Waals surface area (Å²) in [6, 6.07) is 9.38. The first-order valence-corrected chi connectivity index (χ1v) is 5.93. The third-order valence-electron chi connectivity index (χ3n) is 3.72. The normalized spacial score (nSPS) is 24.7. The molecule has 1 heteroatoms. The van der Waals surface area contributed by atoms with Gasteiger partial charge in [-0.2, -0.15) is 0 Å². The van der Waals surface area contributed by atoms with E-state index in [0.29, 0.717) is 6.04 Å². The molecule has 0 bridgehead atoms. The van der Waals surface area contributed by atoms with Crippen molar-refractivity contribution in [2.75, 3.05) is 13.6 Å². The second-order valence-corrected chi connectivity index (χ2v) is 4.88. The zero-order valence-electron chi connectivity index (χ0n) is 9.74. The molecular formula is C15H17N. The highest BCUT2D eigenvalue weighted by atomic mass is 15.1. The van der Waals surface area contributed by atoms with Crippen LogP contribution in [-0.2, 0) is 6.42 Å². The second kappa shape index (κ2) is 3.60. The predicted molar refractivity (Wildman–Crippen MR) is 68.3 cm³/mol. The number of rotatable bonds is 0. The van der Waals surface area contributed by atoms with Crippen molar-refractivity contribution in [3.63, 3.8) is 0 Å². The minimum absolute atomic E-state index is 0.598. The van der Waals surface area contributed by atoms with Gasteiger partial charge in [0.1, 0.15) is 0 Å². The van der Waals surface area contributed by atoms with Crippen molar-refractivity contribution in [2.45, 2.75) is 18.9 Å². The molecule has 1 atom stereocenters. The summed E-state index contributed by atoms with van der Waals surface area (Å²) in [6.45, 7) is 5.12. The van der Waals surface area contributed by atoms with Crippen molar-refractivity contribution in [3.05, 3.63) is 53.6 Å². The Labute approximate surface area is 97.1 Å². The van der Waals surface area contributed by atoms with E-state index in [1.165, 1.54) is 35.1 Å². The van der Waals surface area contributed by atoms with Gasteiger partial charge < -0.3 is 0 Å². The molecule has 1 nitrogen and oxygen atoms in total. The molecule has 0 amide bonds. The number of hydrogen-bond donors (Lipinski definition) is 0. The summed E-state index contributed by atoms with van der Waals surface area (Å²) in [5.74, 6) is 0. The lowest BCUT2D eigenvalue weighted by Gasteiger charge is -2.38. The monoisotopic (exact) mass is 211 g/mol. The van der Waals surface area contributed by atoms with Gasteiger partial charge >= 0.3 is 0 Å². The van der Waals surface area contributed by atoms with Crippen LogP contribution in [0.3, 0.4) is 0 Å². The zero-order valence-corrected chi connectivity index (χ0v) is 9.74. The van der Waals surface area contributed by atoms with E-state index < -0.39 is 0 Å². The Kier molecular flexibility index (Phi) is 2.22. The Morgan fingerprint density at radius 1 is 1.31 bits per heavy atom. The van der Waals surface area contributed by atoms with Crippen LogP contribution >= 0.6 is 0 Å². The molecule has 1 heterocycles. The second-order valence-electron chi connectivity index (χ2n) is 4.88. The van der Waals surface area contributed by atoms with Crippen LogP contribution in [0.2, 0.25) is 0 Å². The molecule has 1 aromatic carbocycles.